The van der Waals surface area contributed by atoms with Crippen LogP contribution in [0, 0.1) is 0 Å². The maximum absolute atomic E-state index is 8.81. The highest BCUT2D eigenvalue weighted by atomic mass is 127. The van der Waals surface area contributed by atoms with E-state index in [0.29, 0.717) is 13.1 Å². The lowest BCUT2D eigenvalue weighted by atomic mass is 10.00. The Morgan fingerprint density at radius 2 is 1.76 bits per heavy atom. The van der Waals surface area contributed by atoms with Gasteiger partial charge in [0.05, 0.1) is 0 Å². The first-order valence-corrected chi connectivity index (χ1v) is 11.2. The monoisotopic (exact) mass is 414 g/mol. The summed E-state index contributed by atoms with van der Waals surface area (Å²) >= 11 is 2.22. The van der Waals surface area contributed by atoms with E-state index in [-0.39, 0.29) is 0 Å². The molecule has 2 rings (SSSR count). The van der Waals surface area contributed by atoms with Crippen molar-refractivity contribution in [2.75, 3.05) is 6.61 Å². The second-order valence-corrected chi connectivity index (χ2v) is 6.62. The molecule has 0 aliphatic heterocycles. The molecule has 2 aromatic rings. The van der Waals surface area contributed by atoms with Crippen LogP contribution in [0.1, 0.15) is 24.8 Å². The summed E-state index contributed by atoms with van der Waals surface area (Å²) in [6.07, 6.45) is 4.20. The van der Waals surface area contributed by atoms with Gasteiger partial charge in [0.1, 0.15) is 12.2 Å². The van der Waals surface area contributed by atoms with Crippen molar-refractivity contribution in [3.05, 3.63) is 54.1 Å². The Morgan fingerprint density at radius 3 is 2.48 bits per heavy atom. The normalized spacial score (nSPS) is 11.1. The van der Waals surface area contributed by atoms with E-state index >= 15 is 0 Å². The van der Waals surface area contributed by atoms with Crippen LogP contribution in [0.4, 0.5) is 0 Å². The summed E-state index contributed by atoms with van der Waals surface area (Å²) < 4.78 is 5.49. The zero-order valence-corrected chi connectivity index (χ0v) is 15.0. The van der Waals surface area contributed by atoms with Crippen molar-refractivity contribution in [1.29, 1.82) is 0 Å². The lowest BCUT2D eigenvalue weighted by molar-refractivity contribution is 0.283. The number of unbranched alkanes of at least 4 members (excludes halogenated alkanes) is 2. The fourth-order valence-electron chi connectivity index (χ4n) is 2.28. The Hall–Kier alpha value is -0.640. The topological polar surface area (TPSA) is 29.5 Å². The average Bonchev–Trinajstić information content (AvgIpc) is 2.53. The first kappa shape index (κ1) is 16.7. The molecule has 0 spiro atoms. The molecule has 4 heteroatoms. The molecule has 0 radical (unpaired) electrons. The third-order valence-electron chi connectivity index (χ3n) is 3.39. The highest BCUT2D eigenvalue weighted by Crippen LogP contribution is 2.29. The van der Waals surface area contributed by atoms with E-state index in [1.165, 1.54) is 16.7 Å². The van der Waals surface area contributed by atoms with E-state index in [1.54, 1.807) is 0 Å². The number of aliphatic hydroxyl groups is 1. The molecular weight excluding hydrogens is 394 g/mol. The molecule has 0 fully saturated rings. The van der Waals surface area contributed by atoms with Gasteiger partial charge in [-0.2, -0.15) is 0 Å². The number of rotatable bonds is 8. The minimum absolute atomic E-state index is 0.298. The SMILES string of the molecule is OCCCCCc1cccc(-c2ccc(OPI)cc2)c1. The number of hydrogen-bond donors (Lipinski definition) is 1. The molecule has 0 aromatic heterocycles. The minimum Gasteiger partial charge on any atom is -0.467 e. The zero-order valence-electron chi connectivity index (χ0n) is 11.9. The van der Waals surface area contributed by atoms with Crippen LogP contribution in [0.15, 0.2) is 48.5 Å². The van der Waals surface area contributed by atoms with Crippen molar-refractivity contribution in [1.82, 2.24) is 0 Å². The van der Waals surface area contributed by atoms with Gasteiger partial charge in [0.15, 0.2) is 0 Å². The van der Waals surface area contributed by atoms with Crippen molar-refractivity contribution in [2.24, 2.45) is 0 Å². The van der Waals surface area contributed by atoms with Crippen molar-refractivity contribution >= 4 is 28.5 Å². The van der Waals surface area contributed by atoms with Crippen LogP contribution in [-0.4, -0.2) is 11.7 Å². The number of benzene rings is 2. The van der Waals surface area contributed by atoms with Crippen molar-refractivity contribution in [3.8, 4) is 16.9 Å². The molecule has 0 amide bonds. The molecule has 0 saturated carbocycles. The van der Waals surface area contributed by atoms with Gasteiger partial charge < -0.3 is 9.63 Å². The summed E-state index contributed by atoms with van der Waals surface area (Å²) in [6.45, 7) is 0.746. The molecular formula is C17H20IO2P. The van der Waals surface area contributed by atoms with Crippen molar-refractivity contribution in [3.63, 3.8) is 0 Å². The second-order valence-electron chi connectivity index (χ2n) is 4.94. The molecule has 1 atom stereocenters. The number of hydrogen-bond acceptors (Lipinski definition) is 2. The van der Waals surface area contributed by atoms with Crippen LogP contribution < -0.4 is 4.52 Å². The zero-order chi connectivity index (χ0) is 14.9. The van der Waals surface area contributed by atoms with E-state index in [4.69, 9.17) is 9.63 Å². The van der Waals surface area contributed by atoms with Gasteiger partial charge in [0, 0.05) is 6.61 Å². The summed E-state index contributed by atoms with van der Waals surface area (Å²) in [6, 6.07) is 17.0. The van der Waals surface area contributed by atoms with Crippen LogP contribution in [0.25, 0.3) is 11.1 Å². The molecule has 0 aliphatic rings. The van der Waals surface area contributed by atoms with Gasteiger partial charge in [-0.25, -0.2) is 0 Å². The van der Waals surface area contributed by atoms with Gasteiger partial charge in [0.25, 0.3) is 0 Å². The van der Waals surface area contributed by atoms with Crippen LogP contribution in [-0.2, 0) is 6.42 Å². The molecule has 1 N–H and O–H groups in total. The molecule has 0 saturated heterocycles. The second kappa shape index (κ2) is 9.39. The minimum atomic E-state index is 0.298. The fourth-order valence-corrected chi connectivity index (χ4v) is 3.27. The molecule has 0 bridgehead atoms. The lowest BCUT2D eigenvalue weighted by Crippen LogP contribution is -1.89. The summed E-state index contributed by atoms with van der Waals surface area (Å²) in [5, 5.41) is 8.81. The van der Waals surface area contributed by atoms with Crippen LogP contribution >= 0.6 is 28.5 Å². The Balaban J connectivity index is 2.02. The first-order chi connectivity index (χ1) is 10.3. The molecule has 1 unspecified atom stereocenters. The van der Waals surface area contributed by atoms with Crippen LogP contribution in [0.3, 0.4) is 0 Å². The standard InChI is InChI=1S/C17H20IO2P/c18-21-20-17-10-8-15(9-11-17)16-7-4-6-14(13-16)5-2-1-3-12-19/h4,6-11,13,19,21H,1-3,5,12H2. The summed E-state index contributed by atoms with van der Waals surface area (Å²) in [7, 11) is 0. The average molecular weight is 414 g/mol. The van der Waals surface area contributed by atoms with Crippen LogP contribution in [0.2, 0.25) is 0 Å². The molecule has 2 nitrogen and oxygen atoms in total. The maximum atomic E-state index is 8.81. The molecule has 21 heavy (non-hydrogen) atoms. The highest BCUT2D eigenvalue weighted by molar-refractivity contribution is 14.2. The van der Waals surface area contributed by atoms with Gasteiger partial charge in [-0.05, 0) is 70.1 Å². The lowest BCUT2D eigenvalue weighted by Gasteiger charge is -2.07. The van der Waals surface area contributed by atoms with E-state index in [0.717, 1.165) is 31.4 Å². The fraction of sp³-hybridized carbons (Fsp3) is 0.294. The predicted octanol–water partition coefficient (Wildman–Crippen LogP) is 5.38. The van der Waals surface area contributed by atoms with Crippen LogP contribution in [0.5, 0.6) is 5.75 Å². The van der Waals surface area contributed by atoms with E-state index in [2.05, 4.69) is 58.4 Å². The van der Waals surface area contributed by atoms with E-state index in [9.17, 15) is 0 Å². The Bertz CT molecular complexity index is 543. The highest BCUT2D eigenvalue weighted by Gasteiger charge is 2.01. The summed E-state index contributed by atoms with van der Waals surface area (Å²) in [5.41, 5.74) is 3.83. The number of halogens is 1. The Labute approximate surface area is 141 Å². The van der Waals surface area contributed by atoms with E-state index in [1.807, 2.05) is 12.1 Å². The maximum Gasteiger partial charge on any atom is 0.137 e. The quantitative estimate of drug-likeness (QED) is 0.357. The summed E-state index contributed by atoms with van der Waals surface area (Å²) in [4.78, 5) is 0. The number of aliphatic hydroxyl groups excluding tert-OH is 1. The van der Waals surface area contributed by atoms with Gasteiger partial charge in [-0.3, -0.25) is 0 Å². The third-order valence-corrected chi connectivity index (χ3v) is 4.37. The number of aryl methyl sites for hydroxylation is 1. The Kier molecular flexibility index (Phi) is 7.48. The van der Waals surface area contributed by atoms with Crippen molar-refractivity contribution in [2.45, 2.75) is 25.7 Å². The van der Waals surface area contributed by atoms with Gasteiger partial charge in [-0.1, -0.05) is 42.8 Å². The Morgan fingerprint density at radius 1 is 0.952 bits per heavy atom. The van der Waals surface area contributed by atoms with Crippen molar-refractivity contribution < 1.29 is 9.63 Å². The third kappa shape index (κ3) is 5.57. The van der Waals surface area contributed by atoms with Gasteiger partial charge in [-0.15, -0.1) is 0 Å². The largest absolute Gasteiger partial charge is 0.467 e. The van der Waals surface area contributed by atoms with E-state index < -0.39 is 0 Å². The molecule has 0 aliphatic carbocycles. The van der Waals surface area contributed by atoms with Gasteiger partial charge in [0.2, 0.25) is 0 Å². The predicted molar refractivity (Wildman–Crippen MR) is 99.5 cm³/mol. The molecule has 112 valence electrons. The van der Waals surface area contributed by atoms with Gasteiger partial charge >= 0.3 is 0 Å². The molecule has 2 aromatic carbocycles. The smallest absolute Gasteiger partial charge is 0.137 e. The molecule has 0 heterocycles. The first-order valence-electron chi connectivity index (χ1n) is 7.16. The summed E-state index contributed by atoms with van der Waals surface area (Å²) in [5.74, 6) is 0.923.